The van der Waals surface area contributed by atoms with Crippen molar-refractivity contribution < 1.29 is 0 Å². The number of aromatic amines is 1. The summed E-state index contributed by atoms with van der Waals surface area (Å²) in [5.74, 6) is 0.345. The van der Waals surface area contributed by atoms with Gasteiger partial charge in [-0.3, -0.25) is 4.79 Å². The molecule has 0 bridgehead atoms. The lowest BCUT2D eigenvalue weighted by molar-refractivity contribution is 1.25. The summed E-state index contributed by atoms with van der Waals surface area (Å²) in [6.45, 7) is 0. The number of anilines is 1. The lowest BCUT2D eigenvalue weighted by Crippen LogP contribution is -2.07. The molecule has 0 radical (unpaired) electrons. The van der Waals surface area contributed by atoms with E-state index < -0.39 is 0 Å². The number of aromatic nitrogens is 1. The molecule has 2 aromatic rings. The summed E-state index contributed by atoms with van der Waals surface area (Å²) < 4.78 is 0. The van der Waals surface area contributed by atoms with Gasteiger partial charge in [0.05, 0.1) is 0 Å². The Morgan fingerprint density at radius 2 is 1.93 bits per heavy atom. The van der Waals surface area contributed by atoms with Crippen molar-refractivity contribution in [3.63, 3.8) is 0 Å². The summed E-state index contributed by atoms with van der Waals surface area (Å²) >= 11 is 5.86. The highest BCUT2D eigenvalue weighted by Crippen LogP contribution is 2.22. The minimum absolute atomic E-state index is 0.218. The van der Waals surface area contributed by atoms with Crippen molar-refractivity contribution in [1.82, 2.24) is 4.98 Å². The van der Waals surface area contributed by atoms with Gasteiger partial charge in [0.15, 0.2) is 0 Å². The highest BCUT2D eigenvalue weighted by Gasteiger charge is 2.00. The number of hydrogen-bond acceptors (Lipinski definition) is 2. The topological polar surface area (TPSA) is 58.9 Å². The first-order valence-corrected chi connectivity index (χ1v) is 4.79. The van der Waals surface area contributed by atoms with Crippen LogP contribution in [0.2, 0.25) is 5.02 Å². The molecule has 0 saturated carbocycles. The summed E-state index contributed by atoms with van der Waals surface area (Å²) in [6.07, 6.45) is 0. The van der Waals surface area contributed by atoms with Crippen molar-refractivity contribution in [3.05, 3.63) is 51.8 Å². The average molecular weight is 221 g/mol. The number of halogens is 1. The minimum Gasteiger partial charge on any atom is -0.385 e. The number of nitrogens with two attached hydrogens (primary N) is 1. The van der Waals surface area contributed by atoms with E-state index in [1.807, 2.05) is 12.1 Å². The van der Waals surface area contributed by atoms with Gasteiger partial charge in [0.2, 0.25) is 5.56 Å². The number of hydrogen-bond donors (Lipinski definition) is 2. The Morgan fingerprint density at radius 1 is 1.13 bits per heavy atom. The molecule has 0 aliphatic carbocycles. The fourth-order valence-electron chi connectivity index (χ4n) is 1.40. The lowest BCUT2D eigenvalue weighted by atomic mass is 10.1. The van der Waals surface area contributed by atoms with E-state index in [4.69, 9.17) is 17.3 Å². The van der Waals surface area contributed by atoms with Crippen LogP contribution in [0.4, 0.5) is 5.82 Å². The number of H-pyrrole nitrogens is 1. The maximum absolute atomic E-state index is 11.2. The second-order valence-electron chi connectivity index (χ2n) is 3.20. The van der Waals surface area contributed by atoms with Crippen LogP contribution in [0.1, 0.15) is 0 Å². The first-order valence-electron chi connectivity index (χ1n) is 4.41. The molecule has 1 heterocycles. The number of rotatable bonds is 1. The third-order valence-electron chi connectivity index (χ3n) is 2.02. The number of nitrogens with one attached hydrogen (secondary N) is 1. The van der Waals surface area contributed by atoms with Crippen LogP contribution < -0.4 is 11.3 Å². The highest BCUT2D eigenvalue weighted by atomic mass is 35.5. The van der Waals surface area contributed by atoms with E-state index in [1.165, 1.54) is 6.07 Å². The maximum atomic E-state index is 11.2. The van der Waals surface area contributed by atoms with Crippen molar-refractivity contribution in [1.29, 1.82) is 0 Å². The molecule has 0 aliphatic heterocycles. The van der Waals surface area contributed by atoms with Gasteiger partial charge in [-0.1, -0.05) is 23.7 Å². The third kappa shape index (κ3) is 2.19. The first kappa shape index (κ1) is 9.80. The lowest BCUT2D eigenvalue weighted by Gasteiger charge is -2.02. The molecule has 76 valence electrons. The van der Waals surface area contributed by atoms with Crippen molar-refractivity contribution in [2.75, 3.05) is 5.73 Å². The Bertz CT molecular complexity index is 548. The van der Waals surface area contributed by atoms with Gasteiger partial charge in [0, 0.05) is 11.1 Å². The van der Waals surface area contributed by atoms with Crippen LogP contribution in [0, 0.1) is 0 Å². The number of pyridine rings is 1. The van der Waals surface area contributed by atoms with E-state index in [1.54, 1.807) is 18.2 Å². The molecule has 4 heteroatoms. The van der Waals surface area contributed by atoms with Gasteiger partial charge >= 0.3 is 0 Å². The number of benzene rings is 1. The zero-order valence-electron chi connectivity index (χ0n) is 7.83. The van der Waals surface area contributed by atoms with Crippen LogP contribution in [0.3, 0.4) is 0 Å². The van der Waals surface area contributed by atoms with Crippen LogP contribution in [0.15, 0.2) is 41.2 Å². The summed E-state index contributed by atoms with van der Waals surface area (Å²) in [7, 11) is 0. The van der Waals surface area contributed by atoms with E-state index in [9.17, 15) is 4.79 Å². The second kappa shape index (κ2) is 3.79. The van der Waals surface area contributed by atoms with E-state index in [2.05, 4.69) is 4.98 Å². The van der Waals surface area contributed by atoms with E-state index >= 15 is 0 Å². The fraction of sp³-hybridized carbons (Fsp3) is 0. The fourth-order valence-corrected chi connectivity index (χ4v) is 1.59. The normalized spacial score (nSPS) is 10.2. The molecule has 0 amide bonds. The summed E-state index contributed by atoms with van der Waals surface area (Å²) in [5.41, 5.74) is 6.97. The molecule has 15 heavy (non-hydrogen) atoms. The van der Waals surface area contributed by atoms with Gasteiger partial charge < -0.3 is 10.7 Å². The van der Waals surface area contributed by atoms with Gasteiger partial charge in [0.25, 0.3) is 0 Å². The van der Waals surface area contributed by atoms with Crippen molar-refractivity contribution in [3.8, 4) is 11.1 Å². The summed E-state index contributed by atoms with van der Waals surface area (Å²) in [6, 6.07) is 10.5. The second-order valence-corrected chi connectivity index (χ2v) is 3.64. The molecular weight excluding hydrogens is 212 g/mol. The van der Waals surface area contributed by atoms with Gasteiger partial charge in [-0.2, -0.15) is 0 Å². The van der Waals surface area contributed by atoms with Gasteiger partial charge in [-0.15, -0.1) is 0 Å². The first-order chi connectivity index (χ1) is 7.15. The largest absolute Gasteiger partial charge is 0.385 e. The summed E-state index contributed by atoms with van der Waals surface area (Å²) in [5, 5.41) is 0.631. The zero-order valence-corrected chi connectivity index (χ0v) is 8.58. The molecule has 1 aromatic carbocycles. The quantitative estimate of drug-likeness (QED) is 0.775. The molecular formula is C11H9ClN2O. The SMILES string of the molecule is Nc1cc(-c2cccc(Cl)c2)cc(=O)[nH]1. The standard InChI is InChI=1S/C11H9ClN2O/c12-9-3-1-2-7(4-9)8-5-10(13)14-11(15)6-8/h1-6H,(H3,13,14,15). The highest BCUT2D eigenvalue weighted by molar-refractivity contribution is 6.30. The van der Waals surface area contributed by atoms with Crippen molar-refractivity contribution in [2.24, 2.45) is 0 Å². The minimum atomic E-state index is -0.218. The smallest absolute Gasteiger partial charge is 0.250 e. The predicted octanol–water partition coefficient (Wildman–Crippen LogP) is 2.28. The zero-order chi connectivity index (χ0) is 10.8. The van der Waals surface area contributed by atoms with Crippen LogP contribution in [-0.4, -0.2) is 4.98 Å². The van der Waals surface area contributed by atoms with E-state index in [-0.39, 0.29) is 5.56 Å². The van der Waals surface area contributed by atoms with Gasteiger partial charge in [0.1, 0.15) is 5.82 Å². The molecule has 0 spiro atoms. The third-order valence-corrected chi connectivity index (χ3v) is 2.26. The summed E-state index contributed by atoms with van der Waals surface area (Å²) in [4.78, 5) is 13.7. The Balaban J connectivity index is 2.59. The van der Waals surface area contributed by atoms with Gasteiger partial charge in [-0.05, 0) is 29.3 Å². The molecule has 1 aromatic heterocycles. The molecule has 0 atom stereocenters. The molecule has 3 nitrogen and oxygen atoms in total. The Labute approximate surface area is 91.5 Å². The monoisotopic (exact) mass is 220 g/mol. The Hall–Kier alpha value is -1.74. The van der Waals surface area contributed by atoms with Crippen molar-refractivity contribution in [2.45, 2.75) is 0 Å². The molecule has 3 N–H and O–H groups in total. The molecule has 0 unspecified atom stereocenters. The molecule has 2 rings (SSSR count). The molecule has 0 saturated heterocycles. The van der Waals surface area contributed by atoms with Crippen LogP contribution in [-0.2, 0) is 0 Å². The predicted molar refractivity (Wildman–Crippen MR) is 61.9 cm³/mol. The van der Waals surface area contributed by atoms with E-state index in [0.717, 1.165) is 11.1 Å². The maximum Gasteiger partial charge on any atom is 0.250 e. The van der Waals surface area contributed by atoms with Crippen LogP contribution in [0.25, 0.3) is 11.1 Å². The van der Waals surface area contributed by atoms with Crippen LogP contribution in [0.5, 0.6) is 0 Å². The van der Waals surface area contributed by atoms with E-state index in [0.29, 0.717) is 10.8 Å². The van der Waals surface area contributed by atoms with Crippen molar-refractivity contribution >= 4 is 17.4 Å². The number of nitrogen functional groups attached to an aromatic ring is 1. The average Bonchev–Trinajstić information content (AvgIpc) is 2.16. The van der Waals surface area contributed by atoms with Crippen LogP contribution >= 0.6 is 11.6 Å². The molecule has 0 fully saturated rings. The molecule has 0 aliphatic rings. The Kier molecular flexibility index (Phi) is 2.47. The van der Waals surface area contributed by atoms with Gasteiger partial charge in [-0.25, -0.2) is 0 Å². The Morgan fingerprint density at radius 3 is 2.60 bits per heavy atom.